The van der Waals surface area contributed by atoms with E-state index in [4.69, 9.17) is 14.2 Å². The highest BCUT2D eigenvalue weighted by Crippen LogP contribution is 2.50. The van der Waals surface area contributed by atoms with Crippen LogP contribution in [0.1, 0.15) is 24.0 Å². The molecule has 3 atom stereocenters. The predicted octanol–water partition coefficient (Wildman–Crippen LogP) is 2.60. The number of phenolic OH excluding ortho intramolecular Hbond substituents is 1. The van der Waals surface area contributed by atoms with Crippen LogP contribution in [0.2, 0.25) is 0 Å². The molecule has 0 fully saturated rings. The fourth-order valence-electron chi connectivity index (χ4n) is 3.17. The Morgan fingerprint density at radius 1 is 1.00 bits per heavy atom. The quantitative estimate of drug-likeness (QED) is 0.847. The van der Waals surface area contributed by atoms with Gasteiger partial charge >= 0.3 is 0 Å². The lowest BCUT2D eigenvalue weighted by molar-refractivity contribution is -0.0730. The zero-order chi connectivity index (χ0) is 15.3. The van der Waals surface area contributed by atoms with E-state index < -0.39 is 6.29 Å². The number of hydrogen-bond donors (Lipinski definition) is 2. The summed E-state index contributed by atoms with van der Waals surface area (Å²) in [5, 5.41) is 20.4. The minimum Gasteiger partial charge on any atom is -0.508 e. The average molecular weight is 300 g/mol. The van der Waals surface area contributed by atoms with Gasteiger partial charge in [-0.05, 0) is 12.1 Å². The maximum atomic E-state index is 10.2. The Hall–Kier alpha value is -2.40. The Morgan fingerprint density at radius 3 is 2.50 bits per heavy atom. The number of benzene rings is 2. The molecule has 0 saturated heterocycles. The van der Waals surface area contributed by atoms with Crippen LogP contribution in [-0.2, 0) is 0 Å². The number of ether oxygens (including phenoxy) is 3. The predicted molar refractivity (Wildman–Crippen MR) is 78.3 cm³/mol. The Balaban J connectivity index is 1.90. The summed E-state index contributed by atoms with van der Waals surface area (Å²) in [7, 11) is 0. The van der Waals surface area contributed by atoms with Gasteiger partial charge in [-0.3, -0.25) is 0 Å². The monoisotopic (exact) mass is 300 g/mol. The third-order valence-electron chi connectivity index (χ3n) is 4.34. The molecular formula is C17H16O5. The van der Waals surface area contributed by atoms with E-state index in [2.05, 4.69) is 0 Å². The molecule has 2 aromatic rings. The summed E-state index contributed by atoms with van der Waals surface area (Å²) in [6, 6.07) is 10.8. The summed E-state index contributed by atoms with van der Waals surface area (Å²) in [6.07, 6.45) is -0.947. The molecule has 2 aromatic carbocycles. The van der Waals surface area contributed by atoms with Gasteiger partial charge in [-0.1, -0.05) is 25.1 Å². The number of aliphatic hydroxyl groups is 1. The van der Waals surface area contributed by atoms with Crippen molar-refractivity contribution in [1.29, 1.82) is 0 Å². The van der Waals surface area contributed by atoms with Crippen molar-refractivity contribution in [3.05, 3.63) is 47.5 Å². The molecule has 2 aliphatic rings. The van der Waals surface area contributed by atoms with Crippen LogP contribution >= 0.6 is 0 Å². The van der Waals surface area contributed by atoms with Crippen LogP contribution in [0.15, 0.2) is 36.4 Å². The Morgan fingerprint density at radius 2 is 1.73 bits per heavy atom. The van der Waals surface area contributed by atoms with Crippen molar-refractivity contribution in [2.45, 2.75) is 19.1 Å². The summed E-state index contributed by atoms with van der Waals surface area (Å²) < 4.78 is 16.4. The molecule has 0 unspecified atom stereocenters. The molecule has 0 spiro atoms. The van der Waals surface area contributed by atoms with Gasteiger partial charge in [0.25, 0.3) is 0 Å². The standard InChI is InChI=1S/C17H16O5/c1-9-16(10-4-2-3-5-12(10)18)11-6-14-15(21-8-20-14)7-13(11)22-17(9)19/h2-7,9,16-19H,8H2,1H3/t9-,16-,17-/m0/s1. The fourth-order valence-corrected chi connectivity index (χ4v) is 3.17. The number of aromatic hydroxyl groups is 1. The largest absolute Gasteiger partial charge is 0.508 e. The summed E-state index contributed by atoms with van der Waals surface area (Å²) in [6.45, 7) is 2.08. The van der Waals surface area contributed by atoms with Crippen molar-refractivity contribution in [3.8, 4) is 23.0 Å². The lowest BCUT2D eigenvalue weighted by Crippen LogP contribution is -2.34. The second-order valence-electron chi connectivity index (χ2n) is 5.65. The van der Waals surface area contributed by atoms with Gasteiger partial charge in [0.1, 0.15) is 11.5 Å². The van der Waals surface area contributed by atoms with E-state index in [1.54, 1.807) is 18.2 Å². The summed E-state index contributed by atoms with van der Waals surface area (Å²) in [5.41, 5.74) is 1.64. The molecule has 0 radical (unpaired) electrons. The van der Waals surface area contributed by atoms with E-state index in [-0.39, 0.29) is 24.4 Å². The van der Waals surface area contributed by atoms with Gasteiger partial charge in [-0.15, -0.1) is 0 Å². The minimum atomic E-state index is -0.947. The fraction of sp³-hybridized carbons (Fsp3) is 0.294. The first-order valence-electron chi connectivity index (χ1n) is 7.21. The van der Waals surface area contributed by atoms with Gasteiger partial charge in [0, 0.05) is 29.0 Å². The van der Waals surface area contributed by atoms with Crippen molar-refractivity contribution >= 4 is 0 Å². The third-order valence-corrected chi connectivity index (χ3v) is 4.34. The van der Waals surface area contributed by atoms with E-state index in [0.29, 0.717) is 17.2 Å². The zero-order valence-electron chi connectivity index (χ0n) is 12.0. The molecule has 0 aromatic heterocycles. The first kappa shape index (κ1) is 13.3. The maximum absolute atomic E-state index is 10.2. The molecule has 0 amide bonds. The lowest BCUT2D eigenvalue weighted by Gasteiger charge is -2.35. The highest BCUT2D eigenvalue weighted by atomic mass is 16.7. The van der Waals surface area contributed by atoms with Gasteiger partial charge < -0.3 is 24.4 Å². The van der Waals surface area contributed by atoms with Crippen LogP contribution in [0.3, 0.4) is 0 Å². The van der Waals surface area contributed by atoms with Crippen LogP contribution < -0.4 is 14.2 Å². The van der Waals surface area contributed by atoms with Crippen molar-refractivity contribution < 1.29 is 24.4 Å². The van der Waals surface area contributed by atoms with Crippen LogP contribution in [0, 0.1) is 5.92 Å². The smallest absolute Gasteiger partial charge is 0.231 e. The maximum Gasteiger partial charge on any atom is 0.231 e. The molecular weight excluding hydrogens is 284 g/mol. The van der Waals surface area contributed by atoms with E-state index >= 15 is 0 Å². The second-order valence-corrected chi connectivity index (χ2v) is 5.65. The van der Waals surface area contributed by atoms with E-state index in [9.17, 15) is 10.2 Å². The van der Waals surface area contributed by atoms with Crippen LogP contribution in [0.25, 0.3) is 0 Å². The van der Waals surface area contributed by atoms with Crippen LogP contribution in [-0.4, -0.2) is 23.3 Å². The third kappa shape index (κ3) is 1.89. The van der Waals surface area contributed by atoms with E-state index in [0.717, 1.165) is 11.1 Å². The molecule has 2 heterocycles. The molecule has 2 aliphatic heterocycles. The van der Waals surface area contributed by atoms with E-state index in [1.165, 1.54) is 0 Å². The van der Waals surface area contributed by atoms with Crippen molar-refractivity contribution in [1.82, 2.24) is 0 Å². The number of rotatable bonds is 1. The molecule has 5 heteroatoms. The number of aliphatic hydroxyl groups excluding tert-OH is 1. The van der Waals surface area contributed by atoms with Crippen molar-refractivity contribution in [2.24, 2.45) is 5.92 Å². The Bertz CT molecular complexity index is 727. The Labute approximate surface area is 127 Å². The number of hydrogen-bond acceptors (Lipinski definition) is 5. The van der Waals surface area contributed by atoms with Gasteiger partial charge in [0.15, 0.2) is 11.5 Å². The minimum absolute atomic E-state index is 0.178. The average Bonchev–Trinajstić information content (AvgIpc) is 2.95. The van der Waals surface area contributed by atoms with Gasteiger partial charge in [0.05, 0.1) is 0 Å². The molecule has 2 N–H and O–H groups in total. The molecule has 0 aliphatic carbocycles. The molecule has 0 saturated carbocycles. The second kappa shape index (κ2) is 4.81. The summed E-state index contributed by atoms with van der Waals surface area (Å²) >= 11 is 0. The normalized spacial score (nSPS) is 25.5. The van der Waals surface area contributed by atoms with Gasteiger partial charge in [-0.2, -0.15) is 0 Å². The van der Waals surface area contributed by atoms with Crippen molar-refractivity contribution in [3.63, 3.8) is 0 Å². The van der Waals surface area contributed by atoms with Crippen LogP contribution in [0.5, 0.6) is 23.0 Å². The van der Waals surface area contributed by atoms with Crippen LogP contribution in [0.4, 0.5) is 0 Å². The molecule has 4 rings (SSSR count). The summed E-state index contributed by atoms with van der Waals surface area (Å²) in [4.78, 5) is 0. The number of para-hydroxylation sites is 1. The van der Waals surface area contributed by atoms with E-state index in [1.807, 2.05) is 25.1 Å². The van der Waals surface area contributed by atoms with Crippen molar-refractivity contribution in [2.75, 3.05) is 6.79 Å². The number of fused-ring (bicyclic) bond motifs is 2. The highest BCUT2D eigenvalue weighted by Gasteiger charge is 2.38. The topological polar surface area (TPSA) is 68.2 Å². The first-order chi connectivity index (χ1) is 10.6. The summed E-state index contributed by atoms with van der Waals surface area (Å²) in [5.74, 6) is 1.64. The van der Waals surface area contributed by atoms with Gasteiger partial charge in [0.2, 0.25) is 13.1 Å². The first-order valence-corrected chi connectivity index (χ1v) is 7.21. The zero-order valence-corrected chi connectivity index (χ0v) is 12.0. The lowest BCUT2D eigenvalue weighted by atomic mass is 9.78. The SMILES string of the molecule is C[C@H]1[C@@H](c2ccccc2O)c2cc3c(cc2O[C@@H]1O)OCO3. The molecule has 22 heavy (non-hydrogen) atoms. The Kier molecular flexibility index (Phi) is 2.90. The highest BCUT2D eigenvalue weighted by molar-refractivity contribution is 5.57. The molecule has 114 valence electrons. The number of phenols is 1. The molecule has 5 nitrogen and oxygen atoms in total. The molecule has 0 bridgehead atoms. The van der Waals surface area contributed by atoms with Gasteiger partial charge in [-0.25, -0.2) is 0 Å².